The molecule has 114 valence electrons. The average Bonchev–Trinajstić information content (AvgIpc) is 2.57. The van der Waals surface area contributed by atoms with E-state index in [0.29, 0.717) is 0 Å². The molecule has 0 nitrogen and oxygen atoms in total. The van der Waals surface area contributed by atoms with Crippen molar-refractivity contribution < 1.29 is 0 Å². The monoisotopic (exact) mass is 354 g/mol. The van der Waals surface area contributed by atoms with E-state index in [1.165, 1.54) is 65.6 Å². The van der Waals surface area contributed by atoms with Crippen molar-refractivity contribution in [2.45, 2.75) is 38.5 Å². The number of hydrogen-bond acceptors (Lipinski definition) is 0. The number of rotatable bonds is 7. The third-order valence-corrected chi connectivity index (χ3v) is 5.00. The Morgan fingerprint density at radius 1 is 0.636 bits per heavy atom. The molecule has 0 radical (unpaired) electrons. The smallest absolute Gasteiger partial charge is 0.00313 e. The summed E-state index contributed by atoms with van der Waals surface area (Å²) >= 11 is 3.51. The van der Waals surface area contributed by atoms with Crippen molar-refractivity contribution in [3.05, 3.63) is 60.2 Å². The summed E-state index contributed by atoms with van der Waals surface area (Å²) in [5.74, 6) is 0. The first-order valence-corrected chi connectivity index (χ1v) is 9.47. The lowest BCUT2D eigenvalue weighted by Crippen LogP contribution is -1.91. The van der Waals surface area contributed by atoms with Gasteiger partial charge in [0.25, 0.3) is 0 Å². The van der Waals surface area contributed by atoms with E-state index in [9.17, 15) is 0 Å². The zero-order valence-electron chi connectivity index (χ0n) is 13.0. The van der Waals surface area contributed by atoms with Crippen molar-refractivity contribution in [3.8, 4) is 0 Å². The highest BCUT2D eigenvalue weighted by Crippen LogP contribution is 2.29. The van der Waals surface area contributed by atoms with Crippen molar-refractivity contribution in [1.29, 1.82) is 0 Å². The summed E-state index contributed by atoms with van der Waals surface area (Å²) < 4.78 is 0. The van der Waals surface area contributed by atoms with Crippen LogP contribution in [-0.4, -0.2) is 5.33 Å². The van der Waals surface area contributed by atoms with E-state index in [2.05, 4.69) is 70.5 Å². The van der Waals surface area contributed by atoms with Crippen molar-refractivity contribution >= 4 is 37.5 Å². The molecule has 0 aliphatic carbocycles. The van der Waals surface area contributed by atoms with Crippen LogP contribution >= 0.6 is 15.9 Å². The van der Waals surface area contributed by atoms with Gasteiger partial charge in [0.1, 0.15) is 0 Å². The first kappa shape index (κ1) is 15.6. The standard InChI is InChI=1S/C21H23Br/c22-15-9-3-1-2-4-14-21-19-12-7-5-10-17(19)16-18-11-6-8-13-20(18)21/h5-8,10-13,16H,1-4,9,14-15H2. The molecule has 0 heterocycles. The second kappa shape index (κ2) is 7.78. The van der Waals surface area contributed by atoms with Crippen molar-refractivity contribution in [2.24, 2.45) is 0 Å². The van der Waals surface area contributed by atoms with E-state index < -0.39 is 0 Å². The van der Waals surface area contributed by atoms with E-state index >= 15 is 0 Å². The minimum absolute atomic E-state index is 1.14. The number of fused-ring (bicyclic) bond motifs is 2. The van der Waals surface area contributed by atoms with Crippen LogP contribution in [0.1, 0.15) is 37.7 Å². The summed E-state index contributed by atoms with van der Waals surface area (Å²) in [5, 5.41) is 6.75. The summed E-state index contributed by atoms with van der Waals surface area (Å²) in [7, 11) is 0. The normalized spacial score (nSPS) is 11.3. The van der Waals surface area contributed by atoms with Gasteiger partial charge in [-0.25, -0.2) is 0 Å². The number of halogens is 1. The van der Waals surface area contributed by atoms with Crippen LogP contribution in [0.3, 0.4) is 0 Å². The van der Waals surface area contributed by atoms with Crippen LogP contribution in [0.5, 0.6) is 0 Å². The van der Waals surface area contributed by atoms with Gasteiger partial charge in [0.05, 0.1) is 0 Å². The number of benzene rings is 3. The van der Waals surface area contributed by atoms with Gasteiger partial charge in [0.15, 0.2) is 0 Å². The summed E-state index contributed by atoms with van der Waals surface area (Å²) in [6.45, 7) is 0. The molecule has 0 saturated carbocycles. The largest absolute Gasteiger partial charge is 0.0928 e. The van der Waals surface area contributed by atoms with Crippen LogP contribution in [-0.2, 0) is 6.42 Å². The molecule has 0 saturated heterocycles. The summed E-state index contributed by atoms with van der Waals surface area (Å²) in [5.41, 5.74) is 1.54. The Kier molecular flexibility index (Phi) is 5.50. The van der Waals surface area contributed by atoms with Crippen molar-refractivity contribution in [1.82, 2.24) is 0 Å². The lowest BCUT2D eigenvalue weighted by Gasteiger charge is -2.11. The molecule has 3 aromatic carbocycles. The van der Waals surface area contributed by atoms with Gasteiger partial charge in [0.2, 0.25) is 0 Å². The topological polar surface area (TPSA) is 0 Å². The lowest BCUT2D eigenvalue weighted by molar-refractivity contribution is 0.637. The van der Waals surface area contributed by atoms with Gasteiger partial charge in [-0.2, -0.15) is 0 Å². The molecule has 0 aromatic heterocycles. The van der Waals surface area contributed by atoms with Gasteiger partial charge in [-0.15, -0.1) is 0 Å². The highest BCUT2D eigenvalue weighted by Gasteiger charge is 2.06. The molecular formula is C21H23Br. The highest BCUT2D eigenvalue weighted by molar-refractivity contribution is 9.09. The van der Waals surface area contributed by atoms with Crippen molar-refractivity contribution in [2.75, 3.05) is 5.33 Å². The van der Waals surface area contributed by atoms with E-state index in [-0.39, 0.29) is 0 Å². The van der Waals surface area contributed by atoms with Crippen LogP contribution in [0.15, 0.2) is 54.6 Å². The van der Waals surface area contributed by atoms with Gasteiger partial charge >= 0.3 is 0 Å². The fourth-order valence-electron chi connectivity index (χ4n) is 3.30. The Bertz CT molecular complexity index is 691. The van der Waals surface area contributed by atoms with Gasteiger partial charge < -0.3 is 0 Å². The predicted molar refractivity (Wildman–Crippen MR) is 102 cm³/mol. The molecular weight excluding hydrogens is 332 g/mol. The van der Waals surface area contributed by atoms with E-state index in [1.807, 2.05) is 0 Å². The molecule has 0 amide bonds. The Hall–Kier alpha value is -1.34. The minimum atomic E-state index is 1.14. The van der Waals surface area contributed by atoms with Crippen LogP contribution in [0.4, 0.5) is 0 Å². The third kappa shape index (κ3) is 3.52. The van der Waals surface area contributed by atoms with Crippen molar-refractivity contribution in [3.63, 3.8) is 0 Å². The van der Waals surface area contributed by atoms with Gasteiger partial charge in [-0.1, -0.05) is 83.7 Å². The number of alkyl halides is 1. The molecule has 0 N–H and O–H groups in total. The van der Waals surface area contributed by atoms with E-state index in [1.54, 1.807) is 0 Å². The van der Waals surface area contributed by atoms with Crippen LogP contribution in [0, 0.1) is 0 Å². The van der Waals surface area contributed by atoms with Crippen LogP contribution < -0.4 is 0 Å². The molecule has 0 spiro atoms. The maximum Gasteiger partial charge on any atom is 0.00313 e. The molecule has 0 aliphatic rings. The Morgan fingerprint density at radius 3 is 1.82 bits per heavy atom. The van der Waals surface area contributed by atoms with E-state index in [4.69, 9.17) is 0 Å². The Balaban J connectivity index is 1.85. The SMILES string of the molecule is BrCCCCCCCc1c2ccccc2cc2ccccc12. The Labute approximate surface area is 141 Å². The molecule has 3 aromatic rings. The summed E-state index contributed by atoms with van der Waals surface area (Å²) in [4.78, 5) is 0. The quantitative estimate of drug-likeness (QED) is 0.246. The molecule has 0 aliphatic heterocycles. The zero-order valence-corrected chi connectivity index (χ0v) is 14.6. The summed E-state index contributed by atoms with van der Waals surface area (Å²) in [6, 6.07) is 20.0. The highest BCUT2D eigenvalue weighted by atomic mass is 79.9. The molecule has 0 atom stereocenters. The lowest BCUT2D eigenvalue weighted by atomic mass is 9.93. The van der Waals surface area contributed by atoms with Gasteiger partial charge in [-0.05, 0) is 52.4 Å². The molecule has 1 heteroatoms. The fraction of sp³-hybridized carbons (Fsp3) is 0.333. The Morgan fingerprint density at radius 2 is 1.18 bits per heavy atom. The maximum atomic E-state index is 3.51. The molecule has 0 bridgehead atoms. The third-order valence-electron chi connectivity index (χ3n) is 4.44. The summed E-state index contributed by atoms with van der Waals surface area (Å²) in [6.07, 6.45) is 7.83. The number of aryl methyl sites for hydroxylation is 1. The predicted octanol–water partition coefficient (Wildman–Crippen LogP) is 6.88. The van der Waals surface area contributed by atoms with Gasteiger partial charge in [0, 0.05) is 5.33 Å². The zero-order chi connectivity index (χ0) is 15.2. The molecule has 22 heavy (non-hydrogen) atoms. The molecule has 0 fully saturated rings. The van der Waals surface area contributed by atoms with Gasteiger partial charge in [-0.3, -0.25) is 0 Å². The second-order valence-corrected chi connectivity index (χ2v) is 6.80. The number of unbranched alkanes of at least 4 members (excludes halogenated alkanes) is 4. The minimum Gasteiger partial charge on any atom is -0.0928 e. The average molecular weight is 355 g/mol. The molecule has 0 unspecified atom stereocenters. The van der Waals surface area contributed by atoms with E-state index in [0.717, 1.165) is 5.33 Å². The second-order valence-electron chi connectivity index (χ2n) is 6.00. The first-order chi connectivity index (χ1) is 10.9. The maximum absolute atomic E-state index is 3.51. The molecule has 3 rings (SSSR count). The van der Waals surface area contributed by atoms with Crippen LogP contribution in [0.25, 0.3) is 21.5 Å². The van der Waals surface area contributed by atoms with Crippen LogP contribution in [0.2, 0.25) is 0 Å². The number of hydrogen-bond donors (Lipinski definition) is 0. The fourth-order valence-corrected chi connectivity index (χ4v) is 3.70. The first-order valence-electron chi connectivity index (χ1n) is 8.35.